The first-order valence-corrected chi connectivity index (χ1v) is 12.2. The maximum atomic E-state index is 6.44. The van der Waals surface area contributed by atoms with Gasteiger partial charge in [-0.1, -0.05) is 60.7 Å². The Labute approximate surface area is 205 Å². The summed E-state index contributed by atoms with van der Waals surface area (Å²) in [6, 6.07) is 29.8. The maximum Gasteiger partial charge on any atom is 0.152 e. The summed E-state index contributed by atoms with van der Waals surface area (Å²) in [7, 11) is 0. The highest BCUT2D eigenvalue weighted by Crippen LogP contribution is 2.41. The van der Waals surface area contributed by atoms with Gasteiger partial charge in [-0.2, -0.15) is 0 Å². The zero-order valence-corrected chi connectivity index (χ0v) is 19.9. The second-order valence-corrected chi connectivity index (χ2v) is 9.45. The number of hydrogen-bond donors (Lipinski definition) is 2. The SMILES string of the molecule is CC(N)C/C=C(/N)c1cccc(-n2c(-c3cc4ccccc4o3)cc3c2CCc2ccccc2-3)c1. The van der Waals surface area contributed by atoms with E-state index in [4.69, 9.17) is 15.9 Å². The highest BCUT2D eigenvalue weighted by molar-refractivity contribution is 5.85. The molecule has 0 saturated carbocycles. The Bertz CT molecular complexity index is 1530. The number of aromatic nitrogens is 1. The lowest BCUT2D eigenvalue weighted by Gasteiger charge is -2.20. The molecule has 0 amide bonds. The molecule has 6 rings (SSSR count). The molecule has 0 spiro atoms. The molecule has 1 atom stereocenters. The standard InChI is InChI=1S/C31H29N3O/c1-20(32)13-15-27(33)22-9-6-10-24(17-22)34-28-16-14-21-7-2-4-11-25(21)26(28)19-29(34)31-18-23-8-3-5-12-30(23)35-31/h2-12,15,17-20H,13-14,16,32-33H2,1H3/b27-15+. The van der Waals surface area contributed by atoms with Crippen LogP contribution in [0.5, 0.6) is 0 Å². The molecule has 35 heavy (non-hydrogen) atoms. The van der Waals surface area contributed by atoms with Gasteiger partial charge in [-0.3, -0.25) is 0 Å². The first-order valence-electron chi connectivity index (χ1n) is 12.2. The zero-order chi connectivity index (χ0) is 23.9. The van der Waals surface area contributed by atoms with Gasteiger partial charge in [0.05, 0.1) is 5.69 Å². The van der Waals surface area contributed by atoms with E-state index >= 15 is 0 Å². The highest BCUT2D eigenvalue weighted by atomic mass is 16.3. The molecule has 5 aromatic rings. The van der Waals surface area contributed by atoms with Crippen molar-refractivity contribution in [2.75, 3.05) is 0 Å². The number of hydrogen-bond acceptors (Lipinski definition) is 3. The van der Waals surface area contributed by atoms with Crippen LogP contribution >= 0.6 is 0 Å². The van der Waals surface area contributed by atoms with Crippen LogP contribution in [0, 0.1) is 0 Å². The third kappa shape index (κ3) is 3.86. The van der Waals surface area contributed by atoms with Crippen molar-refractivity contribution < 1.29 is 4.42 Å². The number of nitrogens with zero attached hydrogens (tertiary/aromatic N) is 1. The van der Waals surface area contributed by atoms with E-state index in [0.717, 1.165) is 58.6 Å². The minimum absolute atomic E-state index is 0.0768. The molecule has 174 valence electrons. The van der Waals surface area contributed by atoms with Crippen molar-refractivity contribution in [3.05, 3.63) is 108 Å². The molecule has 4 N–H and O–H groups in total. The van der Waals surface area contributed by atoms with Crippen LogP contribution < -0.4 is 11.5 Å². The molecular weight excluding hydrogens is 430 g/mol. The molecule has 3 aromatic carbocycles. The number of fused-ring (bicyclic) bond motifs is 4. The number of rotatable bonds is 5. The highest BCUT2D eigenvalue weighted by Gasteiger charge is 2.25. The van der Waals surface area contributed by atoms with Crippen molar-refractivity contribution in [2.24, 2.45) is 11.5 Å². The Hall–Kier alpha value is -4.02. The van der Waals surface area contributed by atoms with E-state index in [1.165, 1.54) is 22.4 Å². The van der Waals surface area contributed by atoms with Gasteiger partial charge in [-0.05, 0) is 73.2 Å². The molecule has 1 aliphatic carbocycles. The third-order valence-electron chi connectivity index (χ3n) is 6.87. The minimum Gasteiger partial charge on any atom is -0.455 e. The summed E-state index contributed by atoms with van der Waals surface area (Å²) in [5, 5.41) is 1.10. The van der Waals surface area contributed by atoms with E-state index in [9.17, 15) is 0 Å². The summed E-state index contributed by atoms with van der Waals surface area (Å²) in [5.74, 6) is 0.865. The van der Waals surface area contributed by atoms with Crippen molar-refractivity contribution in [3.8, 4) is 28.3 Å². The monoisotopic (exact) mass is 459 g/mol. The van der Waals surface area contributed by atoms with Crippen LogP contribution in [-0.2, 0) is 12.8 Å². The fourth-order valence-corrected chi connectivity index (χ4v) is 5.12. The van der Waals surface area contributed by atoms with Gasteiger partial charge in [-0.25, -0.2) is 0 Å². The van der Waals surface area contributed by atoms with Gasteiger partial charge >= 0.3 is 0 Å². The van der Waals surface area contributed by atoms with Crippen LogP contribution in [0.2, 0.25) is 0 Å². The van der Waals surface area contributed by atoms with Gasteiger partial charge in [0.25, 0.3) is 0 Å². The Morgan fingerprint density at radius 2 is 1.77 bits per heavy atom. The topological polar surface area (TPSA) is 70.1 Å². The van der Waals surface area contributed by atoms with Crippen LogP contribution in [0.4, 0.5) is 0 Å². The third-order valence-corrected chi connectivity index (χ3v) is 6.87. The average Bonchev–Trinajstić information content (AvgIpc) is 3.49. The van der Waals surface area contributed by atoms with Crippen molar-refractivity contribution in [2.45, 2.75) is 32.2 Å². The van der Waals surface area contributed by atoms with Crippen LogP contribution in [0.15, 0.2) is 95.4 Å². The molecular formula is C31H29N3O. The Morgan fingerprint density at radius 3 is 2.63 bits per heavy atom. The lowest BCUT2D eigenvalue weighted by Crippen LogP contribution is -2.13. The smallest absolute Gasteiger partial charge is 0.152 e. The average molecular weight is 460 g/mol. The lowest BCUT2D eigenvalue weighted by molar-refractivity contribution is 0.626. The fourth-order valence-electron chi connectivity index (χ4n) is 5.12. The van der Waals surface area contributed by atoms with Gasteiger partial charge in [0, 0.05) is 34.1 Å². The second kappa shape index (κ2) is 8.64. The van der Waals surface area contributed by atoms with Gasteiger partial charge in [0.15, 0.2) is 5.76 Å². The molecule has 1 aliphatic rings. The summed E-state index contributed by atoms with van der Waals surface area (Å²) in [6.07, 6.45) is 4.75. The molecule has 0 saturated heterocycles. The van der Waals surface area contributed by atoms with E-state index in [-0.39, 0.29) is 6.04 Å². The number of aryl methyl sites for hydroxylation is 1. The molecule has 1 unspecified atom stereocenters. The summed E-state index contributed by atoms with van der Waals surface area (Å²) in [4.78, 5) is 0. The molecule has 0 bridgehead atoms. The zero-order valence-electron chi connectivity index (χ0n) is 19.9. The Balaban J connectivity index is 1.56. The van der Waals surface area contributed by atoms with Crippen LogP contribution in [0.1, 0.15) is 30.2 Å². The van der Waals surface area contributed by atoms with Crippen LogP contribution in [0.3, 0.4) is 0 Å². The van der Waals surface area contributed by atoms with Gasteiger partial charge in [-0.15, -0.1) is 0 Å². The summed E-state index contributed by atoms with van der Waals surface area (Å²) in [5.41, 5.74) is 22.4. The summed E-state index contributed by atoms with van der Waals surface area (Å²) in [6.45, 7) is 1.99. The molecule has 0 fully saturated rings. The van der Waals surface area contributed by atoms with Crippen molar-refractivity contribution in [1.82, 2.24) is 4.57 Å². The van der Waals surface area contributed by atoms with E-state index in [2.05, 4.69) is 71.3 Å². The van der Waals surface area contributed by atoms with Crippen molar-refractivity contribution >= 4 is 16.7 Å². The second-order valence-electron chi connectivity index (χ2n) is 9.45. The summed E-state index contributed by atoms with van der Waals surface area (Å²) >= 11 is 0. The molecule has 2 heterocycles. The maximum absolute atomic E-state index is 6.44. The van der Waals surface area contributed by atoms with E-state index in [1.54, 1.807) is 0 Å². The van der Waals surface area contributed by atoms with Gasteiger partial charge in [0.2, 0.25) is 0 Å². The van der Waals surface area contributed by atoms with Gasteiger partial charge < -0.3 is 20.5 Å². The Kier molecular flexibility index (Phi) is 5.31. The van der Waals surface area contributed by atoms with E-state index in [1.807, 2.05) is 31.2 Å². The van der Waals surface area contributed by atoms with Crippen LogP contribution in [0.25, 0.3) is 44.9 Å². The molecule has 4 nitrogen and oxygen atoms in total. The molecule has 0 radical (unpaired) electrons. The Morgan fingerprint density at radius 1 is 0.943 bits per heavy atom. The van der Waals surface area contributed by atoms with E-state index < -0.39 is 0 Å². The van der Waals surface area contributed by atoms with Crippen molar-refractivity contribution in [3.63, 3.8) is 0 Å². The molecule has 2 aromatic heterocycles. The number of benzene rings is 3. The number of nitrogens with two attached hydrogens (primary N) is 2. The van der Waals surface area contributed by atoms with E-state index in [0.29, 0.717) is 0 Å². The fraction of sp³-hybridized carbons (Fsp3) is 0.161. The van der Waals surface area contributed by atoms with Crippen molar-refractivity contribution in [1.29, 1.82) is 0 Å². The first kappa shape index (κ1) is 21.5. The quantitative estimate of drug-likeness (QED) is 0.307. The first-order chi connectivity index (χ1) is 17.1. The molecule has 4 heteroatoms. The normalized spacial score (nSPS) is 14.1. The minimum atomic E-state index is 0.0768. The summed E-state index contributed by atoms with van der Waals surface area (Å²) < 4.78 is 8.71. The molecule has 0 aliphatic heterocycles. The predicted molar refractivity (Wildman–Crippen MR) is 144 cm³/mol. The number of para-hydroxylation sites is 1. The lowest BCUT2D eigenvalue weighted by atomic mass is 9.90. The number of furan rings is 1. The largest absolute Gasteiger partial charge is 0.455 e. The predicted octanol–water partition coefficient (Wildman–Crippen LogP) is 6.69. The van der Waals surface area contributed by atoms with Crippen LogP contribution in [-0.4, -0.2) is 10.6 Å². The van der Waals surface area contributed by atoms with Gasteiger partial charge in [0.1, 0.15) is 5.58 Å².